The fraction of sp³-hybridized carbons (Fsp3) is 0.200. The number of esters is 1. The standard InChI is InChI=1S/C20H19ClN4O3/c1-2-3-10-28-20(27)16-6-4-5-7-17(16)25-19(26)14(11-22)12-23-18-9-8-15(21)13-24-18/h4-9,12-13H,2-3,10H2,1H3,(H,23,24)(H,25,26)/b14-12-. The molecule has 0 saturated heterocycles. The largest absolute Gasteiger partial charge is 0.462 e. The lowest BCUT2D eigenvalue weighted by Crippen LogP contribution is -2.18. The number of halogens is 1. The number of ether oxygens (including phenoxy) is 1. The van der Waals surface area contributed by atoms with Gasteiger partial charge in [0.25, 0.3) is 5.91 Å². The van der Waals surface area contributed by atoms with E-state index in [-0.39, 0.29) is 16.8 Å². The van der Waals surface area contributed by atoms with Crippen LogP contribution in [0, 0.1) is 11.3 Å². The quantitative estimate of drug-likeness (QED) is 0.299. The number of benzene rings is 1. The Morgan fingerprint density at radius 3 is 2.75 bits per heavy atom. The first-order valence-electron chi connectivity index (χ1n) is 8.61. The number of unbranched alkanes of at least 4 members (excludes halogenated alkanes) is 1. The molecule has 7 nitrogen and oxygen atoms in total. The van der Waals surface area contributed by atoms with Gasteiger partial charge in [0.1, 0.15) is 17.5 Å². The maximum atomic E-state index is 12.4. The van der Waals surface area contributed by atoms with Crippen LogP contribution in [0.15, 0.2) is 54.4 Å². The topological polar surface area (TPSA) is 104 Å². The molecule has 1 amide bonds. The van der Waals surface area contributed by atoms with E-state index in [4.69, 9.17) is 16.3 Å². The molecule has 0 atom stereocenters. The molecule has 1 aromatic heterocycles. The highest BCUT2D eigenvalue weighted by Crippen LogP contribution is 2.17. The van der Waals surface area contributed by atoms with Crippen molar-refractivity contribution < 1.29 is 14.3 Å². The molecule has 0 unspecified atom stereocenters. The Hall–Kier alpha value is -3.37. The van der Waals surface area contributed by atoms with Gasteiger partial charge in [-0.3, -0.25) is 4.79 Å². The fourth-order valence-corrected chi connectivity index (χ4v) is 2.21. The Labute approximate surface area is 168 Å². The maximum Gasteiger partial charge on any atom is 0.340 e. The number of carbonyl (C=O) groups excluding carboxylic acids is 2. The lowest BCUT2D eigenvalue weighted by Gasteiger charge is -2.10. The van der Waals surface area contributed by atoms with Crippen LogP contribution in [0.5, 0.6) is 0 Å². The molecule has 0 aliphatic rings. The SMILES string of the molecule is CCCCOC(=O)c1ccccc1NC(=O)/C(C#N)=C\Nc1ccc(Cl)cn1. The van der Waals surface area contributed by atoms with E-state index in [1.807, 2.05) is 13.0 Å². The van der Waals surface area contributed by atoms with E-state index < -0.39 is 11.9 Å². The van der Waals surface area contributed by atoms with Gasteiger partial charge in [0.2, 0.25) is 0 Å². The highest BCUT2D eigenvalue weighted by Gasteiger charge is 2.16. The van der Waals surface area contributed by atoms with Gasteiger partial charge in [0.15, 0.2) is 0 Å². The number of para-hydroxylation sites is 1. The summed E-state index contributed by atoms with van der Waals surface area (Å²) in [5, 5.41) is 15.1. The van der Waals surface area contributed by atoms with Crippen LogP contribution in [-0.4, -0.2) is 23.5 Å². The predicted molar refractivity (Wildman–Crippen MR) is 107 cm³/mol. The molecule has 0 aliphatic heterocycles. The van der Waals surface area contributed by atoms with E-state index in [2.05, 4.69) is 15.6 Å². The number of pyridine rings is 1. The molecule has 28 heavy (non-hydrogen) atoms. The van der Waals surface area contributed by atoms with Crippen LogP contribution in [0.1, 0.15) is 30.1 Å². The Bertz CT molecular complexity index is 904. The molecule has 0 radical (unpaired) electrons. The smallest absolute Gasteiger partial charge is 0.340 e. The molecule has 2 N–H and O–H groups in total. The van der Waals surface area contributed by atoms with Crippen LogP contribution < -0.4 is 10.6 Å². The fourth-order valence-electron chi connectivity index (χ4n) is 2.10. The molecule has 144 valence electrons. The van der Waals surface area contributed by atoms with Gasteiger partial charge < -0.3 is 15.4 Å². The van der Waals surface area contributed by atoms with Crippen molar-refractivity contribution in [2.45, 2.75) is 19.8 Å². The minimum Gasteiger partial charge on any atom is -0.462 e. The van der Waals surface area contributed by atoms with Crippen molar-refractivity contribution in [3.8, 4) is 6.07 Å². The first-order valence-corrected chi connectivity index (χ1v) is 8.98. The van der Waals surface area contributed by atoms with Crippen LogP contribution in [0.25, 0.3) is 0 Å². The number of nitrogens with one attached hydrogen (secondary N) is 2. The minimum atomic E-state index is -0.669. The molecule has 1 aromatic carbocycles. The number of aromatic nitrogens is 1. The second-order valence-corrected chi connectivity index (χ2v) is 6.10. The van der Waals surface area contributed by atoms with Crippen LogP contribution in [-0.2, 0) is 9.53 Å². The van der Waals surface area contributed by atoms with Crippen molar-refractivity contribution in [2.24, 2.45) is 0 Å². The zero-order chi connectivity index (χ0) is 20.4. The lowest BCUT2D eigenvalue weighted by molar-refractivity contribution is -0.112. The minimum absolute atomic E-state index is 0.189. The molecular formula is C20H19ClN4O3. The average Bonchev–Trinajstić information content (AvgIpc) is 2.70. The van der Waals surface area contributed by atoms with Crippen LogP contribution in [0.3, 0.4) is 0 Å². The third-order valence-corrected chi connectivity index (χ3v) is 3.81. The molecule has 0 fully saturated rings. The predicted octanol–water partition coefficient (Wildman–Crippen LogP) is 4.15. The molecule has 0 saturated carbocycles. The van der Waals surface area contributed by atoms with E-state index in [0.29, 0.717) is 17.4 Å². The third-order valence-electron chi connectivity index (χ3n) is 3.58. The van der Waals surface area contributed by atoms with E-state index in [1.54, 1.807) is 36.4 Å². The summed E-state index contributed by atoms with van der Waals surface area (Å²) >= 11 is 5.76. The van der Waals surface area contributed by atoms with E-state index in [9.17, 15) is 14.9 Å². The summed E-state index contributed by atoms with van der Waals surface area (Å²) in [5.41, 5.74) is 0.294. The van der Waals surface area contributed by atoms with Gasteiger partial charge in [-0.2, -0.15) is 5.26 Å². The molecule has 2 rings (SSSR count). The molecule has 1 heterocycles. The summed E-state index contributed by atoms with van der Waals surface area (Å²) in [4.78, 5) is 28.6. The van der Waals surface area contributed by atoms with Crippen LogP contribution in [0.4, 0.5) is 11.5 Å². The lowest BCUT2D eigenvalue weighted by atomic mass is 10.1. The van der Waals surface area contributed by atoms with Crippen molar-refractivity contribution in [1.29, 1.82) is 5.26 Å². The Kier molecular flexibility index (Phi) is 8.00. The Morgan fingerprint density at radius 1 is 1.29 bits per heavy atom. The second kappa shape index (κ2) is 10.7. The maximum absolute atomic E-state index is 12.4. The average molecular weight is 399 g/mol. The molecule has 8 heteroatoms. The number of nitrogens with zero attached hydrogens (tertiary/aromatic N) is 2. The number of hydrogen-bond acceptors (Lipinski definition) is 6. The van der Waals surface area contributed by atoms with Crippen molar-refractivity contribution in [1.82, 2.24) is 4.98 Å². The van der Waals surface area contributed by atoms with Crippen molar-refractivity contribution in [3.05, 3.63) is 65.0 Å². The summed E-state index contributed by atoms with van der Waals surface area (Å²) in [7, 11) is 0. The molecule has 0 bridgehead atoms. The number of amides is 1. The number of rotatable bonds is 8. The van der Waals surface area contributed by atoms with Crippen LogP contribution in [0.2, 0.25) is 5.02 Å². The van der Waals surface area contributed by atoms with Crippen molar-refractivity contribution in [2.75, 3.05) is 17.2 Å². The van der Waals surface area contributed by atoms with E-state index in [0.717, 1.165) is 12.8 Å². The van der Waals surface area contributed by atoms with Gasteiger partial charge >= 0.3 is 5.97 Å². The number of nitriles is 1. The third kappa shape index (κ3) is 6.11. The zero-order valence-corrected chi connectivity index (χ0v) is 16.0. The first kappa shape index (κ1) is 20.9. The summed E-state index contributed by atoms with van der Waals surface area (Å²) < 4.78 is 5.19. The van der Waals surface area contributed by atoms with Gasteiger partial charge in [-0.25, -0.2) is 9.78 Å². The summed E-state index contributed by atoms with van der Waals surface area (Å²) in [6.07, 6.45) is 4.32. The molecule has 2 aromatic rings. The normalized spacial score (nSPS) is 10.7. The van der Waals surface area contributed by atoms with Gasteiger partial charge in [-0.1, -0.05) is 37.1 Å². The van der Waals surface area contributed by atoms with E-state index in [1.165, 1.54) is 12.4 Å². The van der Waals surface area contributed by atoms with Gasteiger partial charge in [0, 0.05) is 12.4 Å². The summed E-state index contributed by atoms with van der Waals surface area (Å²) in [5.74, 6) is -0.780. The second-order valence-electron chi connectivity index (χ2n) is 5.66. The Morgan fingerprint density at radius 2 is 2.07 bits per heavy atom. The summed E-state index contributed by atoms with van der Waals surface area (Å²) in [6, 6.07) is 11.5. The molecule has 0 aliphatic carbocycles. The van der Waals surface area contributed by atoms with Crippen molar-refractivity contribution in [3.63, 3.8) is 0 Å². The Balaban J connectivity index is 2.10. The highest BCUT2D eigenvalue weighted by molar-refractivity contribution is 6.30. The van der Waals surface area contributed by atoms with E-state index >= 15 is 0 Å². The van der Waals surface area contributed by atoms with Gasteiger partial charge in [0.05, 0.1) is 22.9 Å². The number of carbonyl (C=O) groups is 2. The highest BCUT2D eigenvalue weighted by atomic mass is 35.5. The van der Waals surface area contributed by atoms with Crippen LogP contribution >= 0.6 is 11.6 Å². The molecular weight excluding hydrogens is 380 g/mol. The monoisotopic (exact) mass is 398 g/mol. The summed E-state index contributed by atoms with van der Waals surface area (Å²) in [6.45, 7) is 2.30. The number of hydrogen-bond donors (Lipinski definition) is 2. The van der Waals surface area contributed by atoms with Gasteiger partial charge in [-0.15, -0.1) is 0 Å². The number of anilines is 2. The van der Waals surface area contributed by atoms with Crippen molar-refractivity contribution >= 4 is 35.0 Å². The zero-order valence-electron chi connectivity index (χ0n) is 15.2. The first-order chi connectivity index (χ1) is 13.5. The van der Waals surface area contributed by atoms with Gasteiger partial charge in [-0.05, 0) is 30.7 Å². The molecule has 0 spiro atoms.